The first kappa shape index (κ1) is 118. The number of nitrogens with zero attached hydrogens (tertiary/aromatic N) is 9. The third kappa shape index (κ3) is 73.1. The van der Waals surface area contributed by atoms with E-state index in [0.717, 1.165) is 132 Å². The maximum atomic E-state index is 11.9. The molecule has 4 N–H and O–H groups in total. The molecule has 0 radical (unpaired) electrons. The molecule has 122 heavy (non-hydrogen) atoms. The average Bonchev–Trinajstić information content (AvgIpc) is 1.18. The summed E-state index contributed by atoms with van der Waals surface area (Å²) in [6, 6.07) is 0.655. The molecule has 3 aromatic rings. The van der Waals surface area contributed by atoms with Crippen LogP contribution in [0.3, 0.4) is 0 Å². The largest absolute Gasteiger partial charge is 0.380 e. The number of carbonyl (C=O) groups is 2. The van der Waals surface area contributed by atoms with E-state index in [1.165, 1.54) is 128 Å². The number of hydrogen-bond donors (Lipinski definition) is 4. The van der Waals surface area contributed by atoms with Crippen LogP contribution >= 0.6 is 0 Å². The van der Waals surface area contributed by atoms with Crippen LogP contribution in [0.4, 0.5) is 0 Å². The van der Waals surface area contributed by atoms with Crippen LogP contribution in [-0.2, 0) is 63.7 Å². The van der Waals surface area contributed by atoms with E-state index in [1.54, 1.807) is 4.68 Å². The van der Waals surface area contributed by atoms with Crippen molar-refractivity contribution in [3.05, 3.63) is 35.7 Å². The molecule has 0 saturated heterocycles. The predicted molar refractivity (Wildman–Crippen MR) is 521 cm³/mol. The number of aryl methyl sites for hydroxylation is 2. The average molecular weight is 1740 g/mol. The first-order valence-corrected chi connectivity index (χ1v) is 50.4. The van der Waals surface area contributed by atoms with E-state index in [-0.39, 0.29) is 17.2 Å². The van der Waals surface area contributed by atoms with Crippen molar-refractivity contribution in [3.63, 3.8) is 0 Å². The summed E-state index contributed by atoms with van der Waals surface area (Å²) in [5.74, 6) is 3.09. The maximum absolute atomic E-state index is 11.9. The quantitative estimate of drug-likeness (QED) is 0.0308. The Bertz CT molecular complexity index is 3250. The number of nitrogens with one attached hydrogen (secondary N) is 3. The lowest BCUT2D eigenvalue weighted by atomic mass is 9.67. The third-order valence-electron chi connectivity index (χ3n) is 23.1. The second kappa shape index (κ2) is 55.9. The van der Waals surface area contributed by atoms with Crippen molar-refractivity contribution < 1.29 is 27.3 Å². The van der Waals surface area contributed by atoms with Gasteiger partial charge < -0.3 is 20.7 Å². The van der Waals surface area contributed by atoms with Crippen molar-refractivity contribution in [2.24, 2.45) is 82.7 Å². The van der Waals surface area contributed by atoms with Gasteiger partial charge in [0.15, 0.2) is 0 Å². The first-order chi connectivity index (χ1) is 55.4. The van der Waals surface area contributed by atoms with Crippen LogP contribution in [0.1, 0.15) is 485 Å². The van der Waals surface area contributed by atoms with E-state index in [4.69, 9.17) is 4.74 Å². The topological polar surface area (TPSA) is 226 Å². The number of ether oxygens (including phenoxy) is 1. The van der Waals surface area contributed by atoms with E-state index in [9.17, 15) is 22.6 Å². The van der Waals surface area contributed by atoms with Crippen LogP contribution in [0.2, 0.25) is 0 Å². The molecule has 2 fully saturated rings. The molecule has 1 unspecified atom stereocenters. The van der Waals surface area contributed by atoms with E-state index in [0.29, 0.717) is 106 Å². The highest BCUT2D eigenvalue weighted by Crippen LogP contribution is 2.43. The summed E-state index contributed by atoms with van der Waals surface area (Å²) in [4.78, 5) is 23.8. The highest BCUT2D eigenvalue weighted by molar-refractivity contribution is 7.86. The number of unbranched alkanes of at least 4 members (excludes halogenated alkanes) is 7. The van der Waals surface area contributed by atoms with Crippen LogP contribution < -0.4 is 16.0 Å². The summed E-state index contributed by atoms with van der Waals surface area (Å²) in [6.45, 7) is 87.0. The number of carbonyl (C=O) groups excluding carboxylic acids is 2. The molecule has 2 saturated carbocycles. The molecule has 2 aliphatic rings. The van der Waals surface area contributed by atoms with Gasteiger partial charge in [0.25, 0.3) is 10.1 Å². The summed E-state index contributed by atoms with van der Waals surface area (Å²) >= 11 is 0. The summed E-state index contributed by atoms with van der Waals surface area (Å²) in [5.41, 5.74) is 6.98. The number of rotatable bonds is 39. The molecule has 2 amide bonds. The van der Waals surface area contributed by atoms with Gasteiger partial charge in [-0.25, -0.2) is 4.68 Å². The van der Waals surface area contributed by atoms with Crippen molar-refractivity contribution >= 4 is 21.9 Å². The third-order valence-corrected chi connectivity index (χ3v) is 24.7. The highest BCUT2D eigenvalue weighted by atomic mass is 32.2. The Morgan fingerprint density at radius 2 is 0.680 bits per heavy atom. The Morgan fingerprint density at radius 3 is 0.992 bits per heavy atom. The monoisotopic (exact) mass is 1740 g/mol. The van der Waals surface area contributed by atoms with Gasteiger partial charge in [0.1, 0.15) is 11.4 Å². The summed E-state index contributed by atoms with van der Waals surface area (Å²) in [7, 11) is -3.94. The molecule has 3 heterocycles. The molecule has 0 bridgehead atoms. The van der Waals surface area contributed by atoms with Crippen LogP contribution in [0.25, 0.3) is 0 Å². The molecule has 3 aromatic heterocycles. The molecule has 5 rings (SSSR count). The zero-order valence-electron chi connectivity index (χ0n) is 87.2. The van der Waals surface area contributed by atoms with E-state index >= 15 is 0 Å². The van der Waals surface area contributed by atoms with E-state index in [2.05, 4.69) is 282 Å². The van der Waals surface area contributed by atoms with Gasteiger partial charge in [-0.3, -0.25) is 23.5 Å². The van der Waals surface area contributed by atoms with Crippen LogP contribution in [-0.4, -0.2) is 94.3 Å². The summed E-state index contributed by atoms with van der Waals surface area (Å²) < 4.78 is 43.2. The minimum atomic E-state index is -3.94. The smallest absolute Gasteiger partial charge is 0.268 e. The molecule has 19 heteroatoms. The molecule has 0 spiro atoms. The van der Waals surface area contributed by atoms with Crippen molar-refractivity contribution in [1.29, 1.82) is 0 Å². The van der Waals surface area contributed by atoms with Crippen molar-refractivity contribution in [3.8, 4) is 0 Å². The van der Waals surface area contributed by atoms with E-state index < -0.39 is 20.8 Å². The fraction of sp³-hybridized carbons (Fsp3) is 0.922. The van der Waals surface area contributed by atoms with Crippen molar-refractivity contribution in [2.75, 3.05) is 13.2 Å². The summed E-state index contributed by atoms with van der Waals surface area (Å²) in [5, 5.41) is 34.0. The SMILES string of the molecule is CC(C)(C)CC1CCC(C(C)(C)C)CC1.CC(C)(C)CCCCC(C(C)(C)C)S(=O)(=O)O.CC(C)(C)CCCCCC(=O)NCc1cn(CCCC(C)(C)C)nn1.CC(C)(C)CCCCCC(=O)NCc1cn(CCOCCC(C)(C)C)nn1.CC(C)(C)CCCCCC(C)(C)C.CC(C)(C)CCCn1cc(CNC2CCC(CC(C)(C)C)CC2)nn1. The van der Waals surface area contributed by atoms with Crippen LogP contribution in [0, 0.1) is 82.7 Å². The Hall–Kier alpha value is -3.81. The molecule has 18 nitrogen and oxygen atoms in total. The lowest BCUT2D eigenvalue weighted by molar-refractivity contribution is -0.122. The molecule has 0 aliphatic heterocycles. The second-order valence-electron chi connectivity index (χ2n) is 51.5. The highest BCUT2D eigenvalue weighted by Gasteiger charge is 2.35. The van der Waals surface area contributed by atoms with Gasteiger partial charge in [0, 0.05) is 51.3 Å². The first-order valence-electron chi connectivity index (χ1n) is 48.9. The van der Waals surface area contributed by atoms with Crippen LogP contribution in [0.5, 0.6) is 0 Å². The van der Waals surface area contributed by atoms with Gasteiger partial charge >= 0.3 is 0 Å². The van der Waals surface area contributed by atoms with Gasteiger partial charge in [-0.05, 0) is 218 Å². The molecule has 1 atom stereocenters. The molecular weight excluding hydrogens is 1530 g/mol. The zero-order valence-corrected chi connectivity index (χ0v) is 88.1. The van der Waals surface area contributed by atoms with Crippen molar-refractivity contribution in [2.45, 2.75) is 518 Å². The molecule has 0 aromatic carbocycles. The van der Waals surface area contributed by atoms with Gasteiger partial charge in [-0.15, -0.1) is 15.3 Å². The fourth-order valence-electron chi connectivity index (χ4n) is 15.8. The Balaban J connectivity index is 0.00000147. The normalized spacial score (nSPS) is 17.1. The van der Waals surface area contributed by atoms with Gasteiger partial charge in [0.2, 0.25) is 11.8 Å². The molecule has 718 valence electrons. The standard InChI is InChI=1S/C21H40N4O2.C21H40N4.C20H38N4O.C15H30.C13H28O3S.C13H28/c1-20(2,3)11-9-7-8-10-19(26)22-16-18-17-25(24-23-18)13-15-27-14-12-21(4,5)6;1-20(2,3)12-7-13-25-16-19(23-24-25)15-22-18-10-8-17(9-11-18)14-21(4,5)6;1-19(2,3)12-9-7-8-11-18(25)21-15-17-16-24(23-22-17)14-10-13-20(4,5)6;1-14(2,3)11-12-7-9-13(10-8-12)15(4,5)6;1-12(2,3)10-8-7-9-11(13(4,5)6)17(14,15)16;1-12(2,3)10-8-7-9-11-13(4,5)6/h17H,7-16H2,1-6H3,(H,22,26);16-18,22H,7-15H2,1-6H3;16H,7-15H2,1-6H3,(H,21,25);12-13H,7-11H2,1-6H3;11H,7-10H2,1-6H3,(H,14,15,16);7-11H2,1-6H3. The minimum Gasteiger partial charge on any atom is -0.380 e. The van der Waals surface area contributed by atoms with Gasteiger partial charge in [-0.2, -0.15) is 8.42 Å². The number of aromatic nitrogens is 9. The van der Waals surface area contributed by atoms with Gasteiger partial charge in [0.05, 0.1) is 49.6 Å². The lowest BCUT2D eigenvalue weighted by Gasteiger charge is -2.38. The number of amides is 2. The number of hydrogen-bond acceptors (Lipinski definition) is 12. The second-order valence-corrected chi connectivity index (χ2v) is 53.1. The fourth-order valence-corrected chi connectivity index (χ4v) is 17.2. The minimum absolute atomic E-state index is 0.0887. The van der Waals surface area contributed by atoms with E-state index in [1.807, 2.05) is 42.5 Å². The zero-order chi connectivity index (χ0) is 93.9. The Kier molecular flexibility index (Phi) is 54.2. The van der Waals surface area contributed by atoms with Crippen molar-refractivity contribution in [1.82, 2.24) is 60.9 Å². The Morgan fingerprint density at radius 1 is 0.377 bits per heavy atom. The Labute approximate surface area is 755 Å². The summed E-state index contributed by atoms with van der Waals surface area (Å²) in [6.07, 6.45) is 46.1. The van der Waals surface area contributed by atoms with Gasteiger partial charge in [-0.1, -0.05) is 336 Å². The molecule has 2 aliphatic carbocycles. The molecular formula is C103H204N12O6S. The lowest BCUT2D eigenvalue weighted by Crippen LogP contribution is -2.34. The maximum Gasteiger partial charge on any atom is 0.268 e. The van der Waals surface area contributed by atoms with Crippen LogP contribution in [0.15, 0.2) is 18.6 Å². The predicted octanol–water partition coefficient (Wildman–Crippen LogP) is 28.4.